The third kappa shape index (κ3) is 3.45. The second-order valence-corrected chi connectivity index (χ2v) is 8.94. The van der Waals surface area contributed by atoms with E-state index in [1.54, 1.807) is 28.9 Å². The Morgan fingerprint density at radius 3 is 2.75 bits per heavy atom. The number of carbonyl (C=O) groups is 1. The van der Waals surface area contributed by atoms with Crippen molar-refractivity contribution in [3.05, 3.63) is 52.1 Å². The number of Topliss-reactive ketones (excluding diaryl/α,β-unsaturated/α-hetero) is 1. The molecule has 0 spiro atoms. The zero-order valence-corrected chi connectivity index (χ0v) is 18.2. The molecular formula is C19H19N5OS3. The van der Waals surface area contributed by atoms with Gasteiger partial charge < -0.3 is 4.57 Å². The molecule has 0 bridgehead atoms. The highest BCUT2D eigenvalue weighted by atomic mass is 32.2. The topological polar surface area (TPSA) is 65.6 Å². The maximum atomic E-state index is 12.9. The van der Waals surface area contributed by atoms with E-state index in [9.17, 15) is 4.79 Å². The van der Waals surface area contributed by atoms with E-state index >= 15 is 0 Å². The first-order valence-electron chi connectivity index (χ1n) is 8.82. The minimum absolute atomic E-state index is 0.0873. The molecule has 0 aromatic carbocycles. The van der Waals surface area contributed by atoms with Gasteiger partial charge in [-0.1, -0.05) is 17.8 Å². The fourth-order valence-corrected chi connectivity index (χ4v) is 5.50. The number of aromatic nitrogens is 5. The van der Waals surface area contributed by atoms with Crippen molar-refractivity contribution in [3.8, 4) is 15.8 Å². The first kappa shape index (κ1) is 19.1. The molecule has 0 atom stereocenters. The number of thiophene rings is 1. The molecule has 4 aromatic rings. The van der Waals surface area contributed by atoms with Gasteiger partial charge in [-0.25, -0.2) is 4.98 Å². The number of nitrogens with zero attached hydrogens (tertiary/aromatic N) is 5. The summed E-state index contributed by atoms with van der Waals surface area (Å²) in [7, 11) is 0. The molecule has 0 fully saturated rings. The van der Waals surface area contributed by atoms with Crippen molar-refractivity contribution in [2.45, 2.75) is 32.5 Å². The second kappa shape index (κ2) is 8.02. The molecule has 0 unspecified atom stereocenters. The molecule has 9 heteroatoms. The molecule has 4 heterocycles. The number of rotatable bonds is 7. The van der Waals surface area contributed by atoms with Gasteiger partial charge in [-0.05, 0) is 38.3 Å². The molecule has 6 nitrogen and oxygen atoms in total. The Morgan fingerprint density at radius 2 is 2.07 bits per heavy atom. The van der Waals surface area contributed by atoms with Gasteiger partial charge in [0.25, 0.3) is 0 Å². The summed E-state index contributed by atoms with van der Waals surface area (Å²) in [4.78, 5) is 18.4. The van der Waals surface area contributed by atoms with Gasteiger partial charge in [0, 0.05) is 35.1 Å². The van der Waals surface area contributed by atoms with E-state index in [1.165, 1.54) is 11.8 Å². The van der Waals surface area contributed by atoms with Crippen LogP contribution < -0.4 is 0 Å². The lowest BCUT2D eigenvalue weighted by molar-refractivity contribution is 0.102. The highest BCUT2D eigenvalue weighted by molar-refractivity contribution is 7.99. The molecule has 0 aliphatic heterocycles. The number of thiazole rings is 1. The summed E-state index contributed by atoms with van der Waals surface area (Å²) in [5.41, 5.74) is 2.67. The minimum Gasteiger partial charge on any atom is -0.302 e. The van der Waals surface area contributed by atoms with Crippen molar-refractivity contribution in [2.24, 2.45) is 0 Å². The Hall–Kier alpha value is -2.23. The predicted molar refractivity (Wildman–Crippen MR) is 115 cm³/mol. The van der Waals surface area contributed by atoms with E-state index in [2.05, 4.69) is 26.7 Å². The monoisotopic (exact) mass is 429 g/mol. The zero-order chi connectivity index (χ0) is 19.7. The number of hydrogen-bond acceptors (Lipinski definition) is 7. The molecule has 0 aliphatic rings. The summed E-state index contributed by atoms with van der Waals surface area (Å²) in [6, 6.07) is 5.98. The summed E-state index contributed by atoms with van der Waals surface area (Å²) in [6.07, 6.45) is 1.78. The van der Waals surface area contributed by atoms with Crippen LogP contribution >= 0.6 is 34.4 Å². The average molecular weight is 430 g/mol. The van der Waals surface area contributed by atoms with E-state index < -0.39 is 0 Å². The van der Waals surface area contributed by atoms with Crippen LogP contribution in [0.2, 0.25) is 0 Å². The van der Waals surface area contributed by atoms with Crippen LogP contribution in [0.5, 0.6) is 0 Å². The van der Waals surface area contributed by atoms with Crippen molar-refractivity contribution >= 4 is 40.2 Å². The second-order valence-electron chi connectivity index (χ2n) is 6.17. The molecule has 0 N–H and O–H groups in total. The normalized spacial score (nSPS) is 11.2. The molecule has 0 aliphatic carbocycles. The number of thioether (sulfide) groups is 1. The minimum atomic E-state index is 0.0873. The molecule has 4 rings (SSSR count). The maximum absolute atomic E-state index is 12.9. The maximum Gasteiger partial charge on any atom is 0.193 e. The van der Waals surface area contributed by atoms with Gasteiger partial charge in [0.15, 0.2) is 21.9 Å². The van der Waals surface area contributed by atoms with Crippen molar-refractivity contribution in [3.63, 3.8) is 0 Å². The first-order chi connectivity index (χ1) is 13.6. The lowest BCUT2D eigenvalue weighted by atomic mass is 10.2. The van der Waals surface area contributed by atoms with E-state index in [0.717, 1.165) is 44.5 Å². The number of hydrogen-bond donors (Lipinski definition) is 0. The SMILES string of the molecule is CCn1c(SCC(=O)c2cc(C)n(-c3nccs3)c2C)nnc1-c1cccs1. The van der Waals surface area contributed by atoms with Gasteiger partial charge >= 0.3 is 0 Å². The highest BCUT2D eigenvalue weighted by Crippen LogP contribution is 2.28. The van der Waals surface area contributed by atoms with Crippen molar-refractivity contribution < 1.29 is 4.79 Å². The van der Waals surface area contributed by atoms with E-state index in [-0.39, 0.29) is 5.78 Å². The lowest BCUT2D eigenvalue weighted by Gasteiger charge is -2.07. The molecular weight excluding hydrogens is 410 g/mol. The third-order valence-corrected chi connectivity index (χ3v) is 7.04. The fourth-order valence-electron chi connectivity index (χ4n) is 3.14. The van der Waals surface area contributed by atoms with Crippen molar-refractivity contribution in [2.75, 3.05) is 5.75 Å². The number of ketones is 1. The third-order valence-electron chi connectivity index (χ3n) is 4.45. The summed E-state index contributed by atoms with van der Waals surface area (Å²) >= 11 is 4.63. The van der Waals surface area contributed by atoms with Crippen LogP contribution in [-0.2, 0) is 6.54 Å². The van der Waals surface area contributed by atoms with Crippen molar-refractivity contribution in [1.82, 2.24) is 24.3 Å². The molecule has 4 aromatic heterocycles. The van der Waals surface area contributed by atoms with Crippen molar-refractivity contribution in [1.29, 1.82) is 0 Å². The Kier molecular flexibility index (Phi) is 5.47. The Morgan fingerprint density at radius 1 is 1.21 bits per heavy atom. The van der Waals surface area contributed by atoms with E-state index in [4.69, 9.17) is 0 Å². The van der Waals surface area contributed by atoms with Crippen LogP contribution in [0.3, 0.4) is 0 Å². The smallest absolute Gasteiger partial charge is 0.193 e. The molecule has 144 valence electrons. The summed E-state index contributed by atoms with van der Waals surface area (Å²) in [6.45, 7) is 6.79. The van der Waals surface area contributed by atoms with Crippen LogP contribution in [0, 0.1) is 13.8 Å². The van der Waals surface area contributed by atoms with Crippen LogP contribution in [0.25, 0.3) is 15.8 Å². The standard InChI is InChI=1S/C19H19N5OS3/c1-4-23-17(16-6-5-8-26-16)21-22-19(23)28-11-15(25)14-10-12(2)24(13(14)3)18-20-7-9-27-18/h5-10H,4,11H2,1-3H3. The Labute approximate surface area is 175 Å². The molecule has 0 amide bonds. The van der Waals surface area contributed by atoms with Gasteiger partial charge in [-0.3, -0.25) is 9.36 Å². The molecule has 0 saturated carbocycles. The van der Waals surface area contributed by atoms with E-state index in [1.807, 2.05) is 47.4 Å². The van der Waals surface area contributed by atoms with Gasteiger partial charge in [-0.15, -0.1) is 32.9 Å². The number of aryl methyl sites for hydroxylation is 1. The predicted octanol–water partition coefficient (Wildman–Crippen LogP) is 4.87. The highest BCUT2D eigenvalue weighted by Gasteiger charge is 2.20. The van der Waals surface area contributed by atoms with Crippen LogP contribution in [0.4, 0.5) is 0 Å². The fraction of sp³-hybridized carbons (Fsp3) is 0.263. The molecule has 28 heavy (non-hydrogen) atoms. The summed E-state index contributed by atoms with van der Waals surface area (Å²) < 4.78 is 4.09. The van der Waals surface area contributed by atoms with Crippen LogP contribution in [0.15, 0.2) is 40.3 Å². The van der Waals surface area contributed by atoms with Gasteiger partial charge in [-0.2, -0.15) is 0 Å². The van der Waals surface area contributed by atoms with Gasteiger partial charge in [0.1, 0.15) is 0 Å². The molecule has 0 radical (unpaired) electrons. The largest absolute Gasteiger partial charge is 0.302 e. The van der Waals surface area contributed by atoms with Gasteiger partial charge in [0.2, 0.25) is 0 Å². The van der Waals surface area contributed by atoms with E-state index in [0.29, 0.717) is 5.75 Å². The van der Waals surface area contributed by atoms with Gasteiger partial charge in [0.05, 0.1) is 10.6 Å². The quantitative estimate of drug-likeness (QED) is 0.310. The average Bonchev–Trinajstić information content (AvgIpc) is 3.46. The Bertz CT molecular complexity index is 1090. The summed E-state index contributed by atoms with van der Waals surface area (Å²) in [5, 5.41) is 14.3. The number of carbonyl (C=O) groups excluding carboxylic acids is 1. The first-order valence-corrected chi connectivity index (χ1v) is 11.6. The lowest BCUT2D eigenvalue weighted by Crippen LogP contribution is -2.07. The zero-order valence-electron chi connectivity index (χ0n) is 15.7. The van der Waals surface area contributed by atoms with Crippen LogP contribution in [0.1, 0.15) is 28.7 Å². The Balaban J connectivity index is 1.54. The summed E-state index contributed by atoms with van der Waals surface area (Å²) in [5.74, 6) is 1.27. The molecule has 0 saturated heterocycles. The van der Waals surface area contributed by atoms with Crippen LogP contribution in [-0.4, -0.2) is 35.9 Å².